The molecule has 0 saturated heterocycles. The molecule has 0 aliphatic carbocycles. The van der Waals surface area contributed by atoms with Gasteiger partial charge in [-0.2, -0.15) is 0 Å². The van der Waals surface area contributed by atoms with E-state index in [9.17, 15) is 9.59 Å². The van der Waals surface area contributed by atoms with Crippen LogP contribution in [-0.4, -0.2) is 60.3 Å². The molecule has 0 aliphatic rings. The third-order valence-corrected chi connectivity index (χ3v) is 4.10. The highest BCUT2D eigenvalue weighted by Crippen LogP contribution is 2.15. The van der Waals surface area contributed by atoms with Crippen LogP contribution >= 0.6 is 0 Å². The molecule has 0 fully saturated rings. The Kier molecular flexibility index (Phi) is 8.19. The van der Waals surface area contributed by atoms with Gasteiger partial charge in [-0.05, 0) is 6.42 Å². The topological polar surface area (TPSA) is 116 Å². The number of rotatable bonds is 12. The molecule has 0 spiro atoms. The molecule has 0 amide bonds. The van der Waals surface area contributed by atoms with Crippen LogP contribution in [0.25, 0.3) is 0 Å². The molecule has 1 aromatic rings. The summed E-state index contributed by atoms with van der Waals surface area (Å²) in [6.45, 7) is 7.69. The average molecular weight is 343 g/mol. The van der Waals surface area contributed by atoms with E-state index in [1.807, 2.05) is 0 Å². The van der Waals surface area contributed by atoms with E-state index >= 15 is 0 Å². The summed E-state index contributed by atoms with van der Waals surface area (Å²) < 4.78 is 20.4. The van der Waals surface area contributed by atoms with Gasteiger partial charge in [-0.1, -0.05) is 25.3 Å². The summed E-state index contributed by atoms with van der Waals surface area (Å²) >= 11 is 0. The SMILES string of the molecule is C=CCOc1nc(OCC=C)nc(OCCC[Si](O)(O)OC)n1. The average Bonchev–Trinajstić information content (AvgIpc) is 2.55. The first-order valence-electron chi connectivity index (χ1n) is 6.87. The van der Waals surface area contributed by atoms with Crippen molar-refractivity contribution in [1.29, 1.82) is 0 Å². The Morgan fingerprint density at radius 1 is 0.957 bits per heavy atom. The van der Waals surface area contributed by atoms with Gasteiger partial charge < -0.3 is 28.2 Å². The van der Waals surface area contributed by atoms with Crippen molar-refractivity contribution in [1.82, 2.24) is 15.0 Å². The maximum atomic E-state index is 9.42. The summed E-state index contributed by atoms with van der Waals surface area (Å²) in [6, 6.07) is 0.199. The molecule has 0 bridgehead atoms. The minimum atomic E-state index is -3.58. The Labute approximate surface area is 135 Å². The van der Waals surface area contributed by atoms with Gasteiger partial charge in [-0.25, -0.2) is 0 Å². The lowest BCUT2D eigenvalue weighted by molar-refractivity contribution is 0.178. The molecule has 0 aliphatic heterocycles. The Morgan fingerprint density at radius 2 is 1.43 bits per heavy atom. The van der Waals surface area contributed by atoms with E-state index in [0.717, 1.165) is 0 Å². The van der Waals surface area contributed by atoms with Gasteiger partial charge in [0.2, 0.25) is 0 Å². The van der Waals surface area contributed by atoms with E-state index in [0.29, 0.717) is 6.42 Å². The highest BCUT2D eigenvalue weighted by molar-refractivity contribution is 6.57. The molecule has 1 heterocycles. The van der Waals surface area contributed by atoms with E-state index in [1.54, 1.807) is 12.2 Å². The molecule has 0 atom stereocenters. The minimum absolute atomic E-state index is 0.0127. The van der Waals surface area contributed by atoms with E-state index < -0.39 is 8.80 Å². The van der Waals surface area contributed by atoms with Crippen molar-refractivity contribution in [2.75, 3.05) is 26.9 Å². The van der Waals surface area contributed by atoms with Crippen LogP contribution < -0.4 is 14.2 Å². The minimum Gasteiger partial charge on any atom is -0.463 e. The molecule has 0 saturated carbocycles. The van der Waals surface area contributed by atoms with Crippen LogP contribution in [0.5, 0.6) is 18.0 Å². The van der Waals surface area contributed by atoms with Crippen LogP contribution in [0.1, 0.15) is 6.42 Å². The lowest BCUT2D eigenvalue weighted by Crippen LogP contribution is -2.37. The summed E-state index contributed by atoms with van der Waals surface area (Å²) in [5.41, 5.74) is 0. The molecule has 9 nitrogen and oxygen atoms in total. The molecular formula is C13H21N3O6Si. The van der Waals surface area contributed by atoms with Crippen molar-refractivity contribution in [3.63, 3.8) is 0 Å². The predicted molar refractivity (Wildman–Crippen MR) is 83.3 cm³/mol. The van der Waals surface area contributed by atoms with Gasteiger partial charge >= 0.3 is 26.8 Å². The van der Waals surface area contributed by atoms with E-state index in [-0.39, 0.29) is 43.9 Å². The van der Waals surface area contributed by atoms with Crippen LogP contribution in [0, 0.1) is 0 Å². The Bertz CT molecular complexity index is 484. The van der Waals surface area contributed by atoms with Crippen LogP contribution in [0.4, 0.5) is 0 Å². The second-order valence-corrected chi connectivity index (χ2v) is 6.68. The fourth-order valence-electron chi connectivity index (χ4n) is 1.35. The first-order valence-corrected chi connectivity index (χ1v) is 8.88. The van der Waals surface area contributed by atoms with E-state index in [2.05, 4.69) is 32.5 Å². The van der Waals surface area contributed by atoms with Gasteiger partial charge in [0.1, 0.15) is 13.2 Å². The molecule has 23 heavy (non-hydrogen) atoms. The zero-order valence-corrected chi connectivity index (χ0v) is 14.0. The molecule has 0 aromatic carbocycles. The molecule has 2 N–H and O–H groups in total. The highest BCUT2D eigenvalue weighted by atomic mass is 28.4. The number of hydrogen-bond donors (Lipinski definition) is 2. The highest BCUT2D eigenvalue weighted by Gasteiger charge is 2.29. The second-order valence-electron chi connectivity index (χ2n) is 4.28. The quantitative estimate of drug-likeness (QED) is 0.315. The summed E-state index contributed by atoms with van der Waals surface area (Å²) in [6.07, 6.45) is 3.46. The second kappa shape index (κ2) is 9.89. The molecule has 1 aromatic heterocycles. The molecule has 0 radical (unpaired) electrons. The largest absolute Gasteiger partial charge is 0.495 e. The lowest BCUT2D eigenvalue weighted by Gasteiger charge is -2.14. The zero-order chi connectivity index (χ0) is 17.1. The molecule has 128 valence electrons. The zero-order valence-electron chi connectivity index (χ0n) is 13.0. The number of ether oxygens (including phenoxy) is 3. The number of nitrogens with zero attached hydrogens (tertiary/aromatic N) is 3. The van der Waals surface area contributed by atoms with Crippen LogP contribution in [0.15, 0.2) is 25.3 Å². The Balaban J connectivity index is 2.63. The van der Waals surface area contributed by atoms with E-state index in [1.165, 1.54) is 7.11 Å². The summed E-state index contributed by atoms with van der Waals surface area (Å²) in [5, 5.41) is 0. The van der Waals surface area contributed by atoms with Gasteiger partial charge in [0.05, 0.1) is 6.61 Å². The fourth-order valence-corrected chi connectivity index (χ4v) is 2.16. The van der Waals surface area contributed by atoms with Crippen molar-refractivity contribution >= 4 is 8.80 Å². The van der Waals surface area contributed by atoms with E-state index in [4.69, 9.17) is 14.2 Å². The normalized spacial score (nSPS) is 10.9. The number of aromatic nitrogens is 3. The maximum Gasteiger partial charge on any atom is 0.495 e. The van der Waals surface area contributed by atoms with Crippen LogP contribution in [0.3, 0.4) is 0 Å². The van der Waals surface area contributed by atoms with Crippen LogP contribution in [0.2, 0.25) is 6.04 Å². The monoisotopic (exact) mass is 343 g/mol. The summed E-state index contributed by atoms with van der Waals surface area (Å²) in [5.74, 6) is 0. The lowest BCUT2D eigenvalue weighted by atomic mass is 10.5. The third kappa shape index (κ3) is 7.70. The third-order valence-electron chi connectivity index (χ3n) is 2.44. The van der Waals surface area contributed by atoms with Crippen molar-refractivity contribution in [2.45, 2.75) is 12.5 Å². The Morgan fingerprint density at radius 3 is 1.87 bits per heavy atom. The van der Waals surface area contributed by atoms with Crippen molar-refractivity contribution in [2.24, 2.45) is 0 Å². The van der Waals surface area contributed by atoms with Crippen LogP contribution in [-0.2, 0) is 4.43 Å². The van der Waals surface area contributed by atoms with Gasteiger partial charge in [-0.3, -0.25) is 0 Å². The smallest absolute Gasteiger partial charge is 0.463 e. The van der Waals surface area contributed by atoms with Crippen molar-refractivity contribution < 1.29 is 28.2 Å². The standard InChI is InChI=1S/C13H21N3O6Si/c1-4-7-20-11-14-12(21-8-5-2)16-13(15-11)22-9-6-10-23(17,18)19-3/h4-5,17-18H,1-2,6-10H2,3H3. The maximum absolute atomic E-state index is 9.42. The molecular weight excluding hydrogens is 322 g/mol. The Hall–Kier alpha value is -2.01. The molecule has 0 unspecified atom stereocenters. The van der Waals surface area contributed by atoms with Gasteiger partial charge in [0.15, 0.2) is 0 Å². The summed E-state index contributed by atoms with van der Waals surface area (Å²) in [4.78, 5) is 30.7. The fraction of sp³-hybridized carbons (Fsp3) is 0.462. The predicted octanol–water partition coefficient (Wildman–Crippen LogP) is 0.340. The first kappa shape index (κ1) is 19.0. The van der Waals surface area contributed by atoms with Gasteiger partial charge in [0, 0.05) is 13.2 Å². The molecule has 10 heteroatoms. The number of hydrogen-bond acceptors (Lipinski definition) is 9. The summed E-state index contributed by atoms with van der Waals surface area (Å²) in [7, 11) is -2.32. The first-order chi connectivity index (χ1) is 11.0. The molecule has 1 rings (SSSR count). The van der Waals surface area contributed by atoms with Crippen molar-refractivity contribution in [3.05, 3.63) is 25.3 Å². The van der Waals surface area contributed by atoms with Crippen molar-refractivity contribution in [3.8, 4) is 18.0 Å². The van der Waals surface area contributed by atoms with Gasteiger partial charge in [0.25, 0.3) is 0 Å². The van der Waals surface area contributed by atoms with Gasteiger partial charge in [-0.15, -0.1) is 15.0 Å².